The molecule has 108 valence electrons. The zero-order valence-corrected chi connectivity index (χ0v) is 12.7. The van der Waals surface area contributed by atoms with Crippen molar-refractivity contribution in [3.05, 3.63) is 35.4 Å². The second kappa shape index (κ2) is 10.8. The highest BCUT2D eigenvalue weighted by atomic mass is 35.5. The normalized spacial score (nSPS) is 9.79. The van der Waals surface area contributed by atoms with Crippen LogP contribution in [0.15, 0.2) is 24.3 Å². The molecular weight excluding hydrogens is 260 g/mol. The van der Waals surface area contributed by atoms with Crippen LogP contribution in [0.1, 0.15) is 30.9 Å². The molecule has 19 heavy (non-hydrogen) atoms. The van der Waals surface area contributed by atoms with Gasteiger partial charge in [0.1, 0.15) is 0 Å². The minimum atomic E-state index is 0. The summed E-state index contributed by atoms with van der Waals surface area (Å²) in [6.07, 6.45) is 2.51. The highest BCUT2D eigenvalue weighted by Gasteiger charge is 2.01. The van der Waals surface area contributed by atoms with Crippen molar-refractivity contribution in [1.82, 2.24) is 10.6 Å². The lowest BCUT2D eigenvalue weighted by molar-refractivity contribution is -0.121. The molecule has 0 aliphatic carbocycles. The topological polar surface area (TPSA) is 41.1 Å². The zero-order valence-electron chi connectivity index (χ0n) is 11.9. The van der Waals surface area contributed by atoms with Gasteiger partial charge in [0.15, 0.2) is 0 Å². The molecule has 1 aromatic carbocycles. The van der Waals surface area contributed by atoms with Crippen molar-refractivity contribution in [2.75, 3.05) is 19.6 Å². The van der Waals surface area contributed by atoms with Crippen molar-refractivity contribution in [1.29, 1.82) is 0 Å². The van der Waals surface area contributed by atoms with Crippen LogP contribution in [0.3, 0.4) is 0 Å². The summed E-state index contributed by atoms with van der Waals surface area (Å²) >= 11 is 0. The average molecular weight is 285 g/mol. The fourth-order valence-electron chi connectivity index (χ4n) is 1.69. The Bertz CT molecular complexity index is 352. The van der Waals surface area contributed by atoms with Crippen LogP contribution in [-0.2, 0) is 11.2 Å². The number of carbonyl (C=O) groups is 1. The lowest BCUT2D eigenvalue weighted by Crippen LogP contribution is -2.32. The van der Waals surface area contributed by atoms with E-state index in [1.54, 1.807) is 0 Å². The summed E-state index contributed by atoms with van der Waals surface area (Å²) in [5.41, 5.74) is 2.48. The molecule has 3 nitrogen and oxygen atoms in total. The second-order valence-electron chi connectivity index (χ2n) is 4.59. The Hall–Kier alpha value is -1.06. The molecule has 1 aromatic rings. The van der Waals surface area contributed by atoms with E-state index >= 15 is 0 Å². The van der Waals surface area contributed by atoms with E-state index < -0.39 is 0 Å². The summed E-state index contributed by atoms with van der Waals surface area (Å²) in [4.78, 5) is 11.6. The number of rotatable bonds is 8. The Morgan fingerprint density at radius 3 is 2.42 bits per heavy atom. The van der Waals surface area contributed by atoms with Crippen molar-refractivity contribution in [2.45, 2.75) is 33.1 Å². The van der Waals surface area contributed by atoms with Gasteiger partial charge in [-0.3, -0.25) is 4.79 Å². The van der Waals surface area contributed by atoms with E-state index in [-0.39, 0.29) is 18.3 Å². The Kier molecular flexibility index (Phi) is 10.2. The fourth-order valence-corrected chi connectivity index (χ4v) is 1.69. The Balaban J connectivity index is 0.00000324. The molecule has 4 heteroatoms. The fraction of sp³-hybridized carbons (Fsp3) is 0.533. The number of halogens is 1. The summed E-state index contributed by atoms with van der Waals surface area (Å²) in [5, 5.41) is 6.18. The van der Waals surface area contributed by atoms with Gasteiger partial charge in [0.25, 0.3) is 0 Å². The van der Waals surface area contributed by atoms with Crippen LogP contribution in [0.5, 0.6) is 0 Å². The Morgan fingerprint density at radius 1 is 1.11 bits per heavy atom. The molecule has 0 fully saturated rings. The van der Waals surface area contributed by atoms with E-state index in [0.29, 0.717) is 13.0 Å². The largest absolute Gasteiger partial charge is 0.355 e. The summed E-state index contributed by atoms with van der Waals surface area (Å²) in [5.74, 6) is 0.133. The van der Waals surface area contributed by atoms with E-state index in [1.807, 2.05) is 0 Å². The smallest absolute Gasteiger partial charge is 0.220 e. The summed E-state index contributed by atoms with van der Waals surface area (Å²) in [6, 6.07) is 8.35. The molecule has 0 saturated carbocycles. The van der Waals surface area contributed by atoms with Crippen LogP contribution < -0.4 is 10.6 Å². The average Bonchev–Trinajstić information content (AvgIpc) is 2.38. The number of benzene rings is 1. The van der Waals surface area contributed by atoms with Crippen LogP contribution in [0.4, 0.5) is 0 Å². The molecule has 0 saturated heterocycles. The monoisotopic (exact) mass is 284 g/mol. The maximum Gasteiger partial charge on any atom is 0.220 e. The van der Waals surface area contributed by atoms with Crippen molar-refractivity contribution >= 4 is 18.3 Å². The third-order valence-electron chi connectivity index (χ3n) is 2.81. The second-order valence-corrected chi connectivity index (χ2v) is 4.59. The van der Waals surface area contributed by atoms with Crippen molar-refractivity contribution in [3.63, 3.8) is 0 Å². The van der Waals surface area contributed by atoms with Crippen molar-refractivity contribution in [2.24, 2.45) is 0 Å². The van der Waals surface area contributed by atoms with Crippen LogP contribution in [0.25, 0.3) is 0 Å². The molecule has 0 aliphatic heterocycles. The van der Waals surface area contributed by atoms with Crippen LogP contribution in [0.2, 0.25) is 0 Å². The van der Waals surface area contributed by atoms with Gasteiger partial charge in [-0.25, -0.2) is 0 Å². The number of carbonyl (C=O) groups excluding carboxylic acids is 1. The number of aryl methyl sites for hydroxylation is 2. The van der Waals surface area contributed by atoms with Crippen LogP contribution >= 0.6 is 12.4 Å². The van der Waals surface area contributed by atoms with E-state index in [4.69, 9.17) is 0 Å². The molecule has 0 heterocycles. The third-order valence-corrected chi connectivity index (χ3v) is 2.81. The molecular formula is C15H25ClN2O. The van der Waals surface area contributed by atoms with Gasteiger partial charge >= 0.3 is 0 Å². The van der Waals surface area contributed by atoms with Crippen molar-refractivity contribution < 1.29 is 4.79 Å². The van der Waals surface area contributed by atoms with E-state index in [9.17, 15) is 4.79 Å². The predicted molar refractivity (Wildman–Crippen MR) is 82.9 cm³/mol. The molecule has 0 aromatic heterocycles. The van der Waals surface area contributed by atoms with Gasteiger partial charge in [-0.15, -0.1) is 12.4 Å². The molecule has 0 aliphatic rings. The lowest BCUT2D eigenvalue weighted by Gasteiger charge is -2.06. The van der Waals surface area contributed by atoms with E-state index in [0.717, 1.165) is 25.9 Å². The number of amides is 1. The molecule has 0 radical (unpaired) electrons. The van der Waals surface area contributed by atoms with Crippen LogP contribution in [-0.4, -0.2) is 25.5 Å². The Morgan fingerprint density at radius 2 is 1.79 bits per heavy atom. The summed E-state index contributed by atoms with van der Waals surface area (Å²) < 4.78 is 0. The first-order chi connectivity index (χ1) is 8.72. The molecule has 0 spiro atoms. The molecule has 0 unspecified atom stereocenters. The quantitative estimate of drug-likeness (QED) is 0.720. The van der Waals surface area contributed by atoms with Crippen LogP contribution in [0, 0.1) is 6.92 Å². The number of nitrogens with one attached hydrogen (secondary N) is 2. The number of hydrogen-bond donors (Lipinski definition) is 2. The van der Waals surface area contributed by atoms with Gasteiger partial charge < -0.3 is 10.6 Å². The van der Waals surface area contributed by atoms with E-state index in [2.05, 4.69) is 48.7 Å². The molecule has 1 amide bonds. The highest BCUT2D eigenvalue weighted by molar-refractivity contribution is 5.85. The minimum absolute atomic E-state index is 0. The first-order valence-electron chi connectivity index (χ1n) is 6.75. The zero-order chi connectivity index (χ0) is 13.2. The van der Waals surface area contributed by atoms with E-state index in [1.165, 1.54) is 11.1 Å². The maximum atomic E-state index is 11.6. The van der Waals surface area contributed by atoms with Gasteiger partial charge in [0.05, 0.1) is 0 Å². The third kappa shape index (κ3) is 8.62. The van der Waals surface area contributed by atoms with Gasteiger partial charge in [0.2, 0.25) is 5.91 Å². The molecule has 0 atom stereocenters. The summed E-state index contributed by atoms with van der Waals surface area (Å²) in [6.45, 7) is 6.78. The first kappa shape index (κ1) is 17.9. The molecule has 1 rings (SSSR count). The SMILES string of the molecule is CCCNCCNC(=O)CCc1ccc(C)cc1.Cl. The lowest BCUT2D eigenvalue weighted by atomic mass is 10.1. The van der Waals surface area contributed by atoms with Gasteiger partial charge in [0, 0.05) is 19.5 Å². The molecule has 2 N–H and O–H groups in total. The van der Waals surface area contributed by atoms with Gasteiger partial charge in [-0.2, -0.15) is 0 Å². The summed E-state index contributed by atoms with van der Waals surface area (Å²) in [7, 11) is 0. The van der Waals surface area contributed by atoms with Crippen molar-refractivity contribution in [3.8, 4) is 0 Å². The van der Waals surface area contributed by atoms with Gasteiger partial charge in [-0.1, -0.05) is 36.8 Å². The first-order valence-corrected chi connectivity index (χ1v) is 6.75. The standard InChI is InChI=1S/C15H24N2O.ClH/c1-3-10-16-11-12-17-15(18)9-8-14-6-4-13(2)5-7-14;/h4-7,16H,3,8-12H2,1-2H3,(H,17,18);1H. The highest BCUT2D eigenvalue weighted by Crippen LogP contribution is 2.05. The molecule has 0 bridgehead atoms. The van der Waals surface area contributed by atoms with Gasteiger partial charge in [-0.05, 0) is 31.9 Å². The predicted octanol–water partition coefficient (Wildman–Crippen LogP) is 2.47. The minimum Gasteiger partial charge on any atom is -0.355 e. The number of hydrogen-bond acceptors (Lipinski definition) is 2. The maximum absolute atomic E-state index is 11.6. The Labute approximate surface area is 122 Å².